The van der Waals surface area contributed by atoms with Gasteiger partial charge in [-0.2, -0.15) is 0 Å². The van der Waals surface area contributed by atoms with Crippen LogP contribution < -0.4 is 9.62 Å². The normalized spacial score (nSPS) is 12.3. The van der Waals surface area contributed by atoms with Crippen molar-refractivity contribution in [3.05, 3.63) is 130 Å². The summed E-state index contributed by atoms with van der Waals surface area (Å²) in [6, 6.07) is 29.1. The van der Waals surface area contributed by atoms with E-state index in [4.69, 9.17) is 11.6 Å². The van der Waals surface area contributed by atoms with Crippen molar-refractivity contribution in [3.8, 4) is 0 Å². The molecular formula is C36H40ClN3O4S. The lowest BCUT2D eigenvalue weighted by Crippen LogP contribution is -2.56. The summed E-state index contributed by atoms with van der Waals surface area (Å²) < 4.78 is 29.4. The molecule has 1 N–H and O–H groups in total. The summed E-state index contributed by atoms with van der Waals surface area (Å²) in [6.45, 7) is 8.93. The van der Waals surface area contributed by atoms with Gasteiger partial charge in [0, 0.05) is 23.5 Å². The fraction of sp³-hybridized carbons (Fsp3) is 0.278. The molecule has 4 aromatic carbocycles. The first-order valence-electron chi connectivity index (χ1n) is 14.8. The molecule has 0 fully saturated rings. The maximum Gasteiger partial charge on any atom is 0.264 e. The van der Waals surface area contributed by atoms with Crippen molar-refractivity contribution >= 4 is 39.1 Å². The third kappa shape index (κ3) is 8.74. The van der Waals surface area contributed by atoms with Crippen LogP contribution >= 0.6 is 11.6 Å². The van der Waals surface area contributed by atoms with Crippen molar-refractivity contribution in [2.24, 2.45) is 0 Å². The summed E-state index contributed by atoms with van der Waals surface area (Å²) in [5.74, 6) is -0.842. The molecule has 2 amide bonds. The van der Waals surface area contributed by atoms with Crippen molar-refractivity contribution in [2.75, 3.05) is 10.8 Å². The number of rotatable bonds is 11. The van der Waals surface area contributed by atoms with Gasteiger partial charge >= 0.3 is 0 Å². The summed E-state index contributed by atoms with van der Waals surface area (Å²) in [7, 11) is -4.19. The molecule has 0 spiro atoms. The summed E-state index contributed by atoms with van der Waals surface area (Å²) in [6.07, 6.45) is 0.242. The largest absolute Gasteiger partial charge is 0.350 e. The van der Waals surface area contributed by atoms with Gasteiger partial charge in [0.15, 0.2) is 0 Å². The van der Waals surface area contributed by atoms with Gasteiger partial charge in [-0.15, -0.1) is 0 Å². The van der Waals surface area contributed by atoms with E-state index in [2.05, 4.69) is 5.32 Å². The Morgan fingerprint density at radius 2 is 1.42 bits per heavy atom. The van der Waals surface area contributed by atoms with Crippen molar-refractivity contribution < 1.29 is 18.0 Å². The summed E-state index contributed by atoms with van der Waals surface area (Å²) in [5, 5.41) is 3.50. The highest BCUT2D eigenvalue weighted by Crippen LogP contribution is 2.30. The number of sulfonamides is 1. The number of nitrogens with zero attached hydrogens (tertiary/aromatic N) is 2. The molecule has 0 aliphatic rings. The molecule has 0 radical (unpaired) electrons. The summed E-state index contributed by atoms with van der Waals surface area (Å²) in [5.41, 5.74) is 3.03. The van der Waals surface area contributed by atoms with Crippen LogP contribution in [0.2, 0.25) is 5.02 Å². The number of carbonyl (C=O) groups excluding carboxylic acids is 2. The average molecular weight is 646 g/mol. The van der Waals surface area contributed by atoms with Gasteiger partial charge in [0.25, 0.3) is 10.0 Å². The average Bonchev–Trinajstić information content (AvgIpc) is 2.99. The Morgan fingerprint density at radius 3 is 2.02 bits per heavy atom. The zero-order chi connectivity index (χ0) is 32.8. The van der Waals surface area contributed by atoms with E-state index in [1.54, 1.807) is 43.3 Å². The van der Waals surface area contributed by atoms with Gasteiger partial charge in [0.1, 0.15) is 12.6 Å². The van der Waals surface area contributed by atoms with Gasteiger partial charge < -0.3 is 10.2 Å². The van der Waals surface area contributed by atoms with Gasteiger partial charge in [0.2, 0.25) is 11.8 Å². The Balaban J connectivity index is 1.84. The number of nitrogens with one attached hydrogen (secondary N) is 1. The number of anilines is 1. The van der Waals surface area contributed by atoms with E-state index in [9.17, 15) is 18.0 Å². The van der Waals surface area contributed by atoms with Crippen LogP contribution in [0.25, 0.3) is 0 Å². The Morgan fingerprint density at radius 1 is 0.822 bits per heavy atom. The minimum absolute atomic E-state index is 0.0453. The van der Waals surface area contributed by atoms with E-state index < -0.39 is 34.1 Å². The zero-order valence-electron chi connectivity index (χ0n) is 26.3. The Kier molecular flexibility index (Phi) is 10.7. The minimum atomic E-state index is -4.19. The number of amides is 2. The Labute approximate surface area is 271 Å². The highest BCUT2D eigenvalue weighted by atomic mass is 35.5. The van der Waals surface area contributed by atoms with Crippen LogP contribution in [0.3, 0.4) is 0 Å². The smallest absolute Gasteiger partial charge is 0.264 e. The zero-order valence-corrected chi connectivity index (χ0v) is 27.9. The molecule has 0 heterocycles. The third-order valence-corrected chi connectivity index (χ3v) is 9.42. The number of aryl methyl sites for hydroxylation is 2. The van der Waals surface area contributed by atoms with E-state index in [0.29, 0.717) is 16.3 Å². The fourth-order valence-corrected chi connectivity index (χ4v) is 6.84. The number of hydrogen-bond donors (Lipinski definition) is 1. The number of benzene rings is 4. The molecule has 1 atom stereocenters. The van der Waals surface area contributed by atoms with Gasteiger partial charge in [-0.1, -0.05) is 84.4 Å². The van der Waals surface area contributed by atoms with Crippen LogP contribution in [-0.2, 0) is 32.6 Å². The second-order valence-electron chi connectivity index (χ2n) is 12.1. The second kappa shape index (κ2) is 14.3. The van der Waals surface area contributed by atoms with Crippen LogP contribution in [0.5, 0.6) is 0 Å². The van der Waals surface area contributed by atoms with Gasteiger partial charge in [-0.25, -0.2) is 8.42 Å². The van der Waals surface area contributed by atoms with Crippen molar-refractivity contribution in [2.45, 2.75) is 64.1 Å². The standard InChI is InChI=1S/C36H40ClN3O4S/c1-26-14-12-13-17-29(26)24-39(33(35(42)38-36(3,4)5)23-28-15-8-6-9-16-28)34(41)25-40(32-21-20-30(37)22-27(32)2)45(43,44)31-18-10-7-11-19-31/h6-22,33H,23-25H2,1-5H3,(H,38,42)/t33-/m0/s1. The fourth-order valence-electron chi connectivity index (χ4n) is 5.11. The minimum Gasteiger partial charge on any atom is -0.350 e. The highest BCUT2D eigenvalue weighted by Gasteiger charge is 2.36. The molecule has 0 bridgehead atoms. The molecule has 0 saturated carbocycles. The molecule has 0 aliphatic carbocycles. The van der Waals surface area contributed by atoms with E-state index in [1.807, 2.05) is 82.3 Å². The SMILES string of the molecule is Cc1ccccc1CN(C(=O)CN(c1ccc(Cl)cc1C)S(=O)(=O)c1ccccc1)[C@@H](Cc1ccccc1)C(=O)NC(C)(C)C. The van der Waals surface area contributed by atoms with Crippen molar-refractivity contribution in [3.63, 3.8) is 0 Å². The van der Waals surface area contributed by atoms with E-state index in [0.717, 1.165) is 21.0 Å². The quantitative estimate of drug-likeness (QED) is 0.197. The van der Waals surface area contributed by atoms with E-state index in [-0.39, 0.29) is 23.8 Å². The number of halogens is 1. The van der Waals surface area contributed by atoms with Crippen LogP contribution in [0.15, 0.2) is 108 Å². The molecule has 45 heavy (non-hydrogen) atoms. The second-order valence-corrected chi connectivity index (χ2v) is 14.4. The lowest BCUT2D eigenvalue weighted by atomic mass is 10.00. The predicted molar refractivity (Wildman–Crippen MR) is 181 cm³/mol. The molecule has 0 unspecified atom stereocenters. The maximum absolute atomic E-state index is 14.6. The van der Waals surface area contributed by atoms with Crippen molar-refractivity contribution in [1.82, 2.24) is 10.2 Å². The first-order valence-corrected chi connectivity index (χ1v) is 16.6. The van der Waals surface area contributed by atoms with Gasteiger partial charge in [0.05, 0.1) is 10.6 Å². The number of carbonyl (C=O) groups is 2. The van der Waals surface area contributed by atoms with E-state index in [1.165, 1.54) is 17.0 Å². The molecule has 0 aliphatic heterocycles. The molecule has 236 valence electrons. The third-order valence-electron chi connectivity index (χ3n) is 7.41. The van der Waals surface area contributed by atoms with Crippen LogP contribution in [0.4, 0.5) is 5.69 Å². The molecular weight excluding hydrogens is 606 g/mol. The molecule has 4 aromatic rings. The predicted octanol–water partition coefficient (Wildman–Crippen LogP) is 6.71. The van der Waals surface area contributed by atoms with Gasteiger partial charge in [-0.3, -0.25) is 13.9 Å². The van der Waals surface area contributed by atoms with Crippen molar-refractivity contribution in [1.29, 1.82) is 0 Å². The highest BCUT2D eigenvalue weighted by molar-refractivity contribution is 7.92. The topological polar surface area (TPSA) is 86.8 Å². The first-order chi connectivity index (χ1) is 21.3. The number of hydrogen-bond acceptors (Lipinski definition) is 4. The molecule has 4 rings (SSSR count). The Bertz CT molecular complexity index is 1740. The molecule has 0 saturated heterocycles. The van der Waals surface area contributed by atoms with E-state index >= 15 is 0 Å². The van der Waals surface area contributed by atoms with Crippen LogP contribution in [-0.4, -0.2) is 43.3 Å². The van der Waals surface area contributed by atoms with Crippen LogP contribution in [0.1, 0.15) is 43.0 Å². The summed E-state index contributed by atoms with van der Waals surface area (Å²) >= 11 is 6.23. The lowest BCUT2D eigenvalue weighted by Gasteiger charge is -2.35. The molecule has 7 nitrogen and oxygen atoms in total. The lowest BCUT2D eigenvalue weighted by molar-refractivity contribution is -0.140. The molecule has 0 aromatic heterocycles. The van der Waals surface area contributed by atoms with Crippen LogP contribution in [0, 0.1) is 13.8 Å². The monoisotopic (exact) mass is 645 g/mol. The first kappa shape index (κ1) is 33.7. The maximum atomic E-state index is 14.6. The Hall–Kier alpha value is -4.14. The van der Waals surface area contributed by atoms with Gasteiger partial charge in [-0.05, 0) is 87.2 Å². The molecule has 9 heteroatoms. The summed E-state index contributed by atoms with van der Waals surface area (Å²) in [4.78, 5) is 30.2.